The molecule has 0 radical (unpaired) electrons. The molecule has 25 heavy (non-hydrogen) atoms. The number of carboxylic acid groups (broad SMARTS) is 1. The highest BCUT2D eigenvalue weighted by molar-refractivity contribution is 9.10. The Bertz CT molecular complexity index is 905. The van der Waals surface area contributed by atoms with E-state index in [2.05, 4.69) is 21.2 Å². The van der Waals surface area contributed by atoms with Gasteiger partial charge in [0.15, 0.2) is 0 Å². The van der Waals surface area contributed by atoms with Gasteiger partial charge in [-0.3, -0.25) is 4.79 Å². The maximum Gasteiger partial charge on any atom is 0.326 e. The molecule has 2 aromatic carbocycles. The van der Waals surface area contributed by atoms with E-state index in [1.54, 1.807) is 4.57 Å². The third-order valence-electron chi connectivity index (χ3n) is 3.96. The topological polar surface area (TPSA) is 71.3 Å². The summed E-state index contributed by atoms with van der Waals surface area (Å²) in [4.78, 5) is 23.8. The first-order chi connectivity index (χ1) is 12.0. The number of aliphatic carboxylic acids is 1. The van der Waals surface area contributed by atoms with E-state index in [1.165, 1.54) is 0 Å². The van der Waals surface area contributed by atoms with Crippen molar-refractivity contribution in [2.45, 2.75) is 19.0 Å². The number of aromatic nitrogens is 1. The van der Waals surface area contributed by atoms with Crippen molar-refractivity contribution >= 4 is 38.7 Å². The molecule has 1 atom stereocenters. The van der Waals surface area contributed by atoms with E-state index < -0.39 is 12.0 Å². The number of amides is 1. The van der Waals surface area contributed by atoms with Gasteiger partial charge in [-0.05, 0) is 29.8 Å². The van der Waals surface area contributed by atoms with Crippen molar-refractivity contribution in [3.05, 3.63) is 70.8 Å². The first kappa shape index (κ1) is 17.2. The molecule has 2 N–H and O–H groups in total. The van der Waals surface area contributed by atoms with Gasteiger partial charge in [0.1, 0.15) is 12.6 Å². The van der Waals surface area contributed by atoms with E-state index in [9.17, 15) is 14.7 Å². The van der Waals surface area contributed by atoms with Gasteiger partial charge in [-0.25, -0.2) is 4.79 Å². The summed E-state index contributed by atoms with van der Waals surface area (Å²) in [7, 11) is 0. The van der Waals surface area contributed by atoms with Crippen LogP contribution in [0.1, 0.15) is 5.56 Å². The standard InChI is InChI=1S/C19H17BrN2O3/c20-15-6-7-17-14(11-15)8-9-22(17)12-18(23)21-16(19(24)25)10-13-4-2-1-3-5-13/h1-9,11,16H,10,12H2,(H,21,23)(H,24,25)/t16-/m0/s1. The normalized spacial score (nSPS) is 12.0. The number of rotatable bonds is 6. The summed E-state index contributed by atoms with van der Waals surface area (Å²) in [6, 6.07) is 16.0. The molecule has 5 nitrogen and oxygen atoms in total. The highest BCUT2D eigenvalue weighted by Crippen LogP contribution is 2.20. The SMILES string of the molecule is O=C(Cn1ccc2cc(Br)ccc21)N[C@@H](Cc1ccccc1)C(=O)O. The van der Waals surface area contributed by atoms with E-state index in [-0.39, 0.29) is 18.9 Å². The molecule has 1 amide bonds. The minimum absolute atomic E-state index is 0.0731. The minimum Gasteiger partial charge on any atom is -0.480 e. The van der Waals surface area contributed by atoms with Gasteiger partial charge < -0.3 is 15.0 Å². The Kier molecular flexibility index (Phi) is 5.19. The van der Waals surface area contributed by atoms with Crippen molar-refractivity contribution in [1.82, 2.24) is 9.88 Å². The molecule has 0 aliphatic rings. The van der Waals surface area contributed by atoms with Gasteiger partial charge in [0, 0.05) is 28.0 Å². The summed E-state index contributed by atoms with van der Waals surface area (Å²) in [5.41, 5.74) is 1.79. The average molecular weight is 401 g/mol. The van der Waals surface area contributed by atoms with Crippen LogP contribution in [0.3, 0.4) is 0 Å². The molecule has 0 aliphatic heterocycles. The lowest BCUT2D eigenvalue weighted by Crippen LogP contribution is -2.43. The Morgan fingerprint density at radius 3 is 2.60 bits per heavy atom. The summed E-state index contributed by atoms with van der Waals surface area (Å²) in [6.07, 6.45) is 2.07. The Hall–Kier alpha value is -2.60. The Balaban J connectivity index is 1.70. The van der Waals surface area contributed by atoms with Crippen LogP contribution in [0, 0.1) is 0 Å². The summed E-state index contributed by atoms with van der Waals surface area (Å²) >= 11 is 3.42. The van der Waals surface area contributed by atoms with Gasteiger partial charge in [-0.15, -0.1) is 0 Å². The molecule has 0 saturated heterocycles. The summed E-state index contributed by atoms with van der Waals surface area (Å²) in [5.74, 6) is -1.37. The summed E-state index contributed by atoms with van der Waals surface area (Å²) in [6.45, 7) is 0.0731. The van der Waals surface area contributed by atoms with Crippen molar-refractivity contribution in [3.63, 3.8) is 0 Å². The van der Waals surface area contributed by atoms with Gasteiger partial charge in [0.25, 0.3) is 0 Å². The number of hydrogen-bond acceptors (Lipinski definition) is 2. The molecule has 0 spiro atoms. The maximum atomic E-state index is 12.3. The number of carboxylic acids is 1. The second kappa shape index (κ2) is 7.53. The number of nitrogens with zero attached hydrogens (tertiary/aromatic N) is 1. The molecular weight excluding hydrogens is 384 g/mol. The van der Waals surface area contributed by atoms with E-state index in [0.717, 1.165) is 20.9 Å². The molecule has 1 heterocycles. The third-order valence-corrected chi connectivity index (χ3v) is 4.46. The van der Waals surface area contributed by atoms with Crippen LogP contribution in [0.15, 0.2) is 65.3 Å². The van der Waals surface area contributed by atoms with Crippen LogP contribution in [0.25, 0.3) is 10.9 Å². The quantitative estimate of drug-likeness (QED) is 0.667. The highest BCUT2D eigenvalue weighted by Gasteiger charge is 2.20. The average Bonchev–Trinajstić information content (AvgIpc) is 2.97. The predicted molar refractivity (Wildman–Crippen MR) is 99.4 cm³/mol. The van der Waals surface area contributed by atoms with Gasteiger partial charge in [0.2, 0.25) is 5.91 Å². The van der Waals surface area contributed by atoms with Crippen LogP contribution >= 0.6 is 15.9 Å². The second-order valence-corrected chi connectivity index (χ2v) is 6.71. The van der Waals surface area contributed by atoms with E-state index >= 15 is 0 Å². The van der Waals surface area contributed by atoms with Crippen molar-refractivity contribution in [2.75, 3.05) is 0 Å². The Morgan fingerprint density at radius 2 is 1.88 bits per heavy atom. The Morgan fingerprint density at radius 1 is 1.12 bits per heavy atom. The molecule has 0 saturated carbocycles. The van der Waals surface area contributed by atoms with Crippen LogP contribution < -0.4 is 5.32 Å². The summed E-state index contributed by atoms with van der Waals surface area (Å²) in [5, 5.41) is 13.0. The molecule has 0 unspecified atom stereocenters. The molecule has 3 rings (SSSR count). The number of carbonyl (C=O) groups is 2. The summed E-state index contributed by atoms with van der Waals surface area (Å²) < 4.78 is 2.77. The predicted octanol–water partition coefficient (Wildman–Crippen LogP) is 3.22. The molecule has 0 fully saturated rings. The van der Waals surface area contributed by atoms with Gasteiger partial charge in [0.05, 0.1) is 0 Å². The zero-order valence-electron chi connectivity index (χ0n) is 13.4. The molecule has 0 aliphatic carbocycles. The first-order valence-electron chi connectivity index (χ1n) is 7.83. The largest absolute Gasteiger partial charge is 0.480 e. The van der Waals surface area contributed by atoms with Crippen LogP contribution in [0.2, 0.25) is 0 Å². The minimum atomic E-state index is -1.04. The number of hydrogen-bond donors (Lipinski definition) is 2. The highest BCUT2D eigenvalue weighted by atomic mass is 79.9. The number of fused-ring (bicyclic) bond motifs is 1. The van der Waals surface area contributed by atoms with E-state index in [1.807, 2.05) is 60.8 Å². The lowest BCUT2D eigenvalue weighted by atomic mass is 10.1. The molecule has 0 bridgehead atoms. The zero-order chi connectivity index (χ0) is 17.8. The van der Waals surface area contributed by atoms with Crippen molar-refractivity contribution in [2.24, 2.45) is 0 Å². The number of benzene rings is 2. The van der Waals surface area contributed by atoms with Gasteiger partial charge >= 0.3 is 5.97 Å². The molecule has 3 aromatic rings. The fourth-order valence-corrected chi connectivity index (χ4v) is 3.13. The van der Waals surface area contributed by atoms with Crippen molar-refractivity contribution in [3.8, 4) is 0 Å². The molecule has 6 heteroatoms. The van der Waals surface area contributed by atoms with E-state index in [0.29, 0.717) is 0 Å². The van der Waals surface area contributed by atoms with Crippen molar-refractivity contribution < 1.29 is 14.7 Å². The third kappa shape index (κ3) is 4.28. The number of halogens is 1. The smallest absolute Gasteiger partial charge is 0.326 e. The van der Waals surface area contributed by atoms with Gasteiger partial charge in [-0.2, -0.15) is 0 Å². The maximum absolute atomic E-state index is 12.3. The van der Waals surface area contributed by atoms with E-state index in [4.69, 9.17) is 0 Å². The Labute approximate surface area is 153 Å². The van der Waals surface area contributed by atoms with Gasteiger partial charge in [-0.1, -0.05) is 46.3 Å². The zero-order valence-corrected chi connectivity index (χ0v) is 14.9. The number of carbonyl (C=O) groups excluding carboxylic acids is 1. The monoisotopic (exact) mass is 400 g/mol. The number of nitrogens with one attached hydrogen (secondary N) is 1. The van der Waals surface area contributed by atoms with Crippen molar-refractivity contribution in [1.29, 1.82) is 0 Å². The molecule has 128 valence electrons. The first-order valence-corrected chi connectivity index (χ1v) is 8.63. The molecule has 1 aromatic heterocycles. The fraction of sp³-hybridized carbons (Fsp3) is 0.158. The second-order valence-electron chi connectivity index (χ2n) is 5.79. The molecular formula is C19H17BrN2O3. The van der Waals surface area contributed by atoms with Crippen LogP contribution in [0.5, 0.6) is 0 Å². The fourth-order valence-electron chi connectivity index (χ4n) is 2.75. The van der Waals surface area contributed by atoms with Crippen LogP contribution in [-0.2, 0) is 22.6 Å². The van der Waals surface area contributed by atoms with Crippen LogP contribution in [0.4, 0.5) is 0 Å². The lowest BCUT2D eigenvalue weighted by molar-refractivity contribution is -0.141. The van der Waals surface area contributed by atoms with Crippen LogP contribution in [-0.4, -0.2) is 27.6 Å². The lowest BCUT2D eigenvalue weighted by Gasteiger charge is -2.15.